The zero-order valence-electron chi connectivity index (χ0n) is 23.9. The lowest BCUT2D eigenvalue weighted by molar-refractivity contribution is -0.131. The number of nitrogens with zero attached hydrogens (tertiary/aromatic N) is 6. The first kappa shape index (κ1) is 26.7. The molecule has 2 atom stereocenters. The highest BCUT2D eigenvalue weighted by Crippen LogP contribution is 2.41. The molecule has 2 fully saturated rings. The van der Waals surface area contributed by atoms with Gasteiger partial charge in [-0.05, 0) is 61.7 Å². The summed E-state index contributed by atoms with van der Waals surface area (Å²) < 4.78 is 20.1. The van der Waals surface area contributed by atoms with E-state index in [1.165, 1.54) is 18.7 Å². The van der Waals surface area contributed by atoms with Crippen molar-refractivity contribution in [1.82, 2.24) is 29.5 Å². The number of ether oxygens (including phenoxy) is 3. The Hall–Kier alpha value is -5.19. The van der Waals surface area contributed by atoms with Gasteiger partial charge in [0.05, 0.1) is 12.6 Å². The maximum atomic E-state index is 12.4. The molecule has 11 heteroatoms. The summed E-state index contributed by atoms with van der Waals surface area (Å²) >= 11 is 0. The maximum Gasteiger partial charge on any atom is 0.246 e. The molecule has 1 N–H and O–H groups in total. The molecule has 43 heavy (non-hydrogen) atoms. The van der Waals surface area contributed by atoms with E-state index in [4.69, 9.17) is 14.2 Å². The molecule has 7 rings (SSSR count). The Bertz CT molecular complexity index is 1840. The summed E-state index contributed by atoms with van der Waals surface area (Å²) in [7, 11) is 1.62. The summed E-state index contributed by atoms with van der Waals surface area (Å²) in [5.74, 6) is 3.30. The number of piperidine rings is 1. The van der Waals surface area contributed by atoms with Crippen molar-refractivity contribution in [2.45, 2.75) is 50.8 Å². The van der Waals surface area contributed by atoms with E-state index in [2.05, 4.69) is 31.9 Å². The van der Waals surface area contributed by atoms with Gasteiger partial charge in [0.15, 0.2) is 17.1 Å². The van der Waals surface area contributed by atoms with E-state index in [0.717, 1.165) is 53.6 Å². The Balaban J connectivity index is 1.12. The number of hydrogen-bond donors (Lipinski definition) is 1. The van der Waals surface area contributed by atoms with Gasteiger partial charge in [-0.1, -0.05) is 6.58 Å². The molecule has 1 amide bonds. The van der Waals surface area contributed by atoms with Crippen molar-refractivity contribution in [1.29, 1.82) is 0 Å². The van der Waals surface area contributed by atoms with Crippen molar-refractivity contribution in [3.05, 3.63) is 79.5 Å². The number of methoxy groups -OCH3 is 1. The number of aryl methyl sites for hydroxylation is 1. The molecule has 5 heterocycles. The molecule has 2 saturated heterocycles. The molecule has 0 aliphatic carbocycles. The zero-order valence-corrected chi connectivity index (χ0v) is 23.9. The van der Waals surface area contributed by atoms with Crippen LogP contribution in [0.4, 0.5) is 11.5 Å². The summed E-state index contributed by atoms with van der Waals surface area (Å²) in [6, 6.07) is 13.7. The maximum absolute atomic E-state index is 12.4. The summed E-state index contributed by atoms with van der Waals surface area (Å²) in [6.45, 7) is 5.67. The lowest BCUT2D eigenvalue weighted by Crippen LogP contribution is -2.48. The minimum absolute atomic E-state index is 0.00492. The molecule has 2 aromatic carbocycles. The van der Waals surface area contributed by atoms with Crippen LogP contribution in [0.2, 0.25) is 0 Å². The first-order chi connectivity index (χ1) is 21.0. The number of benzene rings is 2. The second-order valence-electron chi connectivity index (χ2n) is 10.9. The highest BCUT2D eigenvalue weighted by Gasteiger charge is 2.43. The lowest BCUT2D eigenvalue weighted by atomic mass is 9.99. The number of fused-ring (bicyclic) bond motifs is 4. The van der Waals surface area contributed by atoms with Gasteiger partial charge in [0.25, 0.3) is 0 Å². The average molecular weight is 578 g/mol. The Morgan fingerprint density at radius 2 is 1.84 bits per heavy atom. The summed E-state index contributed by atoms with van der Waals surface area (Å²) in [4.78, 5) is 27.6. The van der Waals surface area contributed by atoms with Gasteiger partial charge < -0.3 is 24.4 Å². The number of anilines is 2. The van der Waals surface area contributed by atoms with Crippen LogP contribution in [0.25, 0.3) is 16.6 Å². The highest BCUT2D eigenvalue weighted by molar-refractivity contribution is 5.93. The van der Waals surface area contributed by atoms with Gasteiger partial charge in [0.2, 0.25) is 5.91 Å². The fourth-order valence-corrected chi connectivity index (χ4v) is 6.25. The van der Waals surface area contributed by atoms with Gasteiger partial charge >= 0.3 is 0 Å². The number of pyridine rings is 1. The average Bonchev–Trinajstić information content (AvgIpc) is 3.59. The Kier molecular flexibility index (Phi) is 6.77. The zero-order chi connectivity index (χ0) is 29.5. The molecule has 2 aliphatic heterocycles. The number of carbonyl (C=O) groups is 1. The van der Waals surface area contributed by atoms with Crippen LogP contribution in [0, 0.1) is 6.92 Å². The van der Waals surface area contributed by atoms with E-state index in [0.29, 0.717) is 28.7 Å². The van der Waals surface area contributed by atoms with E-state index in [1.54, 1.807) is 11.6 Å². The van der Waals surface area contributed by atoms with Crippen molar-refractivity contribution in [3.63, 3.8) is 0 Å². The van der Waals surface area contributed by atoms with E-state index in [-0.39, 0.29) is 24.1 Å². The van der Waals surface area contributed by atoms with Crippen LogP contribution in [0.15, 0.2) is 74.0 Å². The first-order valence-electron chi connectivity index (χ1n) is 14.3. The van der Waals surface area contributed by atoms with Crippen molar-refractivity contribution in [2.75, 3.05) is 12.4 Å². The number of hydrogen-bond acceptors (Lipinski definition) is 9. The van der Waals surface area contributed by atoms with Gasteiger partial charge in [-0.25, -0.2) is 19.5 Å². The minimum Gasteiger partial charge on any atom is -0.493 e. The monoisotopic (exact) mass is 577 g/mol. The van der Waals surface area contributed by atoms with Crippen LogP contribution in [-0.2, 0) is 4.79 Å². The smallest absolute Gasteiger partial charge is 0.246 e. The molecule has 2 aliphatic rings. The second-order valence-corrected chi connectivity index (χ2v) is 10.9. The molecule has 5 aromatic rings. The molecule has 11 nitrogen and oxygen atoms in total. The lowest BCUT2D eigenvalue weighted by Gasteiger charge is -2.38. The third-order valence-electron chi connectivity index (χ3n) is 8.25. The van der Waals surface area contributed by atoms with Crippen molar-refractivity contribution < 1.29 is 19.0 Å². The Labute approximate surface area is 248 Å². The second kappa shape index (κ2) is 10.9. The van der Waals surface area contributed by atoms with Crippen molar-refractivity contribution >= 4 is 34.0 Å². The minimum atomic E-state index is -0.0283. The highest BCUT2D eigenvalue weighted by atomic mass is 16.5. The number of aromatic nitrogens is 5. The fraction of sp³-hybridized carbons (Fsp3) is 0.281. The largest absolute Gasteiger partial charge is 0.493 e. The summed E-state index contributed by atoms with van der Waals surface area (Å²) in [6.07, 6.45) is 9.75. The van der Waals surface area contributed by atoms with Crippen LogP contribution in [0.1, 0.15) is 31.2 Å². The van der Waals surface area contributed by atoms with E-state index in [1.807, 2.05) is 60.5 Å². The number of rotatable bonds is 8. The number of amides is 1. The Morgan fingerprint density at radius 3 is 2.60 bits per heavy atom. The molecular weight excluding hydrogens is 546 g/mol. The molecule has 2 unspecified atom stereocenters. The Morgan fingerprint density at radius 1 is 1.00 bits per heavy atom. The van der Waals surface area contributed by atoms with E-state index >= 15 is 0 Å². The predicted molar refractivity (Wildman–Crippen MR) is 161 cm³/mol. The molecule has 0 radical (unpaired) electrons. The standard InChI is InChI=1S/C32H31N7O4/c1-4-31(40)39-21-6-7-22(39)13-24(12-21)43-29-15-25-26(16-28(29)41-3)33-17-35-32(25)37-20-5-8-27(19(2)11-20)42-23-9-10-38-30(14-23)34-18-36-38/h4-5,8-11,14-18,21-22,24H,1,6-7,12-13H2,2-3H3,(H,33,35,37). The van der Waals surface area contributed by atoms with Crippen LogP contribution < -0.4 is 19.5 Å². The fourth-order valence-electron chi connectivity index (χ4n) is 6.25. The van der Waals surface area contributed by atoms with Gasteiger partial charge in [0.1, 0.15) is 36.1 Å². The molecule has 0 saturated carbocycles. The topological polar surface area (TPSA) is 116 Å². The summed E-state index contributed by atoms with van der Waals surface area (Å²) in [5, 5.41) is 8.37. The van der Waals surface area contributed by atoms with Crippen LogP contribution >= 0.6 is 0 Å². The van der Waals surface area contributed by atoms with Gasteiger partial charge in [-0.3, -0.25) is 4.79 Å². The SMILES string of the molecule is C=CC(=O)N1C2CCC1CC(Oc1cc3c(Nc4ccc(Oc5ccn6ncnc6c5)c(C)c4)ncnc3cc1OC)C2. The molecular formula is C32H31N7O4. The molecule has 0 spiro atoms. The molecule has 3 aromatic heterocycles. The molecule has 2 bridgehead atoms. The number of carbonyl (C=O) groups excluding carboxylic acids is 1. The third-order valence-corrected chi connectivity index (χ3v) is 8.25. The first-order valence-corrected chi connectivity index (χ1v) is 14.3. The molecule has 218 valence electrons. The van der Waals surface area contributed by atoms with Gasteiger partial charge in [-0.2, -0.15) is 5.10 Å². The van der Waals surface area contributed by atoms with Crippen LogP contribution in [0.5, 0.6) is 23.0 Å². The summed E-state index contributed by atoms with van der Waals surface area (Å²) in [5.41, 5.74) is 3.25. The quantitative estimate of drug-likeness (QED) is 0.235. The van der Waals surface area contributed by atoms with E-state index < -0.39 is 0 Å². The van der Waals surface area contributed by atoms with Gasteiger partial charge in [-0.15, -0.1) is 0 Å². The van der Waals surface area contributed by atoms with Crippen LogP contribution in [0.3, 0.4) is 0 Å². The van der Waals surface area contributed by atoms with Crippen molar-refractivity contribution in [3.8, 4) is 23.0 Å². The van der Waals surface area contributed by atoms with E-state index in [9.17, 15) is 4.79 Å². The predicted octanol–water partition coefficient (Wildman–Crippen LogP) is 5.61. The number of nitrogens with one attached hydrogen (secondary N) is 1. The van der Waals surface area contributed by atoms with Crippen molar-refractivity contribution in [2.24, 2.45) is 0 Å². The third kappa shape index (κ3) is 5.07. The van der Waals surface area contributed by atoms with Crippen LogP contribution in [-0.4, -0.2) is 60.7 Å². The van der Waals surface area contributed by atoms with Gasteiger partial charge in [0, 0.05) is 54.3 Å². The normalized spacial score (nSPS) is 19.4.